The zero-order valence-electron chi connectivity index (χ0n) is 20.5. The third-order valence-corrected chi connectivity index (χ3v) is 6.39. The SMILES string of the molecule is CC(=O)c1ccc(N2CCN(C(=O)/C=C/c3ccc(OCc4cn5ccccc5n4)cc3)CC2)c(F)c1. The number of rotatable bonds is 7. The first-order valence-electron chi connectivity index (χ1n) is 12.1. The van der Waals surface area contributed by atoms with Crippen LogP contribution >= 0.6 is 0 Å². The summed E-state index contributed by atoms with van der Waals surface area (Å²) >= 11 is 0. The van der Waals surface area contributed by atoms with Gasteiger partial charge in [-0.05, 0) is 61.0 Å². The molecule has 1 aliphatic heterocycles. The summed E-state index contributed by atoms with van der Waals surface area (Å²) in [6, 6.07) is 17.9. The van der Waals surface area contributed by atoms with Gasteiger partial charge in [-0.25, -0.2) is 9.37 Å². The van der Waals surface area contributed by atoms with Crippen molar-refractivity contribution < 1.29 is 18.7 Å². The minimum absolute atomic E-state index is 0.0841. The number of anilines is 1. The summed E-state index contributed by atoms with van der Waals surface area (Å²) in [6.45, 7) is 3.81. The van der Waals surface area contributed by atoms with E-state index in [9.17, 15) is 14.0 Å². The molecule has 2 aromatic heterocycles. The van der Waals surface area contributed by atoms with Crippen LogP contribution in [0.3, 0.4) is 0 Å². The number of piperazine rings is 1. The largest absolute Gasteiger partial charge is 0.487 e. The molecule has 1 aliphatic rings. The lowest BCUT2D eigenvalue weighted by atomic mass is 10.1. The molecule has 0 atom stereocenters. The molecule has 1 amide bonds. The molecule has 0 spiro atoms. The average molecular weight is 499 g/mol. The minimum atomic E-state index is -0.418. The van der Waals surface area contributed by atoms with Gasteiger partial charge in [-0.2, -0.15) is 0 Å². The third kappa shape index (κ3) is 5.69. The van der Waals surface area contributed by atoms with Crippen molar-refractivity contribution in [1.29, 1.82) is 0 Å². The van der Waals surface area contributed by atoms with Crippen molar-refractivity contribution >= 4 is 29.1 Å². The van der Waals surface area contributed by atoms with E-state index in [1.807, 2.05) is 64.2 Å². The predicted octanol–water partition coefficient (Wildman–Crippen LogP) is 4.62. The summed E-state index contributed by atoms with van der Waals surface area (Å²) in [5.41, 5.74) is 3.42. The molecule has 4 aromatic rings. The second-order valence-electron chi connectivity index (χ2n) is 8.92. The van der Waals surface area contributed by atoms with Gasteiger partial charge in [0.05, 0.1) is 11.4 Å². The van der Waals surface area contributed by atoms with Crippen molar-refractivity contribution in [2.24, 2.45) is 0 Å². The molecule has 1 saturated heterocycles. The molecule has 0 radical (unpaired) electrons. The van der Waals surface area contributed by atoms with E-state index in [-0.39, 0.29) is 11.7 Å². The molecular formula is C29H27FN4O3. The van der Waals surface area contributed by atoms with Crippen LogP contribution in [0.15, 0.2) is 79.1 Å². The van der Waals surface area contributed by atoms with Gasteiger partial charge in [0.2, 0.25) is 5.91 Å². The number of nitrogens with zero attached hydrogens (tertiary/aromatic N) is 4. The quantitative estimate of drug-likeness (QED) is 0.275. The van der Waals surface area contributed by atoms with Crippen molar-refractivity contribution in [3.8, 4) is 5.75 Å². The molecule has 5 rings (SSSR count). The zero-order valence-corrected chi connectivity index (χ0v) is 20.5. The van der Waals surface area contributed by atoms with Gasteiger partial charge in [0.25, 0.3) is 0 Å². The van der Waals surface area contributed by atoms with Crippen LogP contribution in [0.2, 0.25) is 0 Å². The predicted molar refractivity (Wildman–Crippen MR) is 140 cm³/mol. The number of aromatic nitrogens is 2. The van der Waals surface area contributed by atoms with E-state index in [0.29, 0.717) is 44.0 Å². The van der Waals surface area contributed by atoms with Gasteiger partial charge in [0, 0.05) is 50.2 Å². The second-order valence-corrected chi connectivity index (χ2v) is 8.92. The number of carbonyl (C=O) groups excluding carboxylic acids is 2. The molecule has 3 heterocycles. The molecule has 0 unspecified atom stereocenters. The van der Waals surface area contributed by atoms with Crippen LogP contribution in [-0.2, 0) is 11.4 Å². The minimum Gasteiger partial charge on any atom is -0.487 e. The van der Waals surface area contributed by atoms with E-state index in [2.05, 4.69) is 4.98 Å². The molecule has 0 aliphatic carbocycles. The first kappa shape index (κ1) is 24.2. The highest BCUT2D eigenvalue weighted by atomic mass is 19.1. The molecule has 7 nitrogen and oxygen atoms in total. The van der Waals surface area contributed by atoms with E-state index < -0.39 is 5.82 Å². The van der Waals surface area contributed by atoms with Crippen LogP contribution in [-0.4, -0.2) is 52.2 Å². The normalized spacial score (nSPS) is 13.9. The highest BCUT2D eigenvalue weighted by Gasteiger charge is 2.22. The van der Waals surface area contributed by atoms with Crippen molar-refractivity contribution in [2.75, 3.05) is 31.1 Å². The first-order chi connectivity index (χ1) is 18.0. The topological polar surface area (TPSA) is 67.2 Å². The molecular weight excluding hydrogens is 471 g/mol. The lowest BCUT2D eigenvalue weighted by Gasteiger charge is -2.35. The second kappa shape index (κ2) is 10.7. The van der Waals surface area contributed by atoms with Crippen LogP contribution in [0.5, 0.6) is 5.75 Å². The van der Waals surface area contributed by atoms with Gasteiger partial charge in [0.1, 0.15) is 23.8 Å². The summed E-state index contributed by atoms with van der Waals surface area (Å²) in [5.74, 6) is 0.0515. The Kier molecular flexibility index (Phi) is 6.98. The Morgan fingerprint density at radius 3 is 2.51 bits per heavy atom. The molecule has 188 valence electrons. The Morgan fingerprint density at radius 2 is 1.81 bits per heavy atom. The van der Waals surface area contributed by atoms with Crippen molar-refractivity contribution in [1.82, 2.24) is 14.3 Å². The third-order valence-electron chi connectivity index (χ3n) is 6.39. The number of fused-ring (bicyclic) bond motifs is 1. The first-order valence-corrected chi connectivity index (χ1v) is 12.1. The van der Waals surface area contributed by atoms with Gasteiger partial charge in [0.15, 0.2) is 5.78 Å². The number of benzene rings is 2. The number of halogens is 1. The van der Waals surface area contributed by atoms with Gasteiger partial charge in [-0.3, -0.25) is 9.59 Å². The Morgan fingerprint density at radius 1 is 1.03 bits per heavy atom. The number of carbonyl (C=O) groups is 2. The number of pyridine rings is 1. The number of hydrogen-bond acceptors (Lipinski definition) is 5. The molecule has 0 bridgehead atoms. The summed E-state index contributed by atoms with van der Waals surface area (Å²) < 4.78 is 22.3. The van der Waals surface area contributed by atoms with Crippen LogP contribution in [0, 0.1) is 5.82 Å². The average Bonchev–Trinajstić information content (AvgIpc) is 3.34. The maximum Gasteiger partial charge on any atom is 0.246 e. The maximum atomic E-state index is 14.5. The van der Waals surface area contributed by atoms with Crippen molar-refractivity contribution in [3.05, 3.63) is 102 Å². The fourth-order valence-corrected chi connectivity index (χ4v) is 4.31. The molecule has 0 saturated carbocycles. The van der Waals surface area contributed by atoms with Crippen LogP contribution in [0.1, 0.15) is 28.5 Å². The molecule has 1 fully saturated rings. The molecule has 37 heavy (non-hydrogen) atoms. The maximum absolute atomic E-state index is 14.5. The zero-order chi connectivity index (χ0) is 25.8. The highest BCUT2D eigenvalue weighted by molar-refractivity contribution is 5.94. The molecule has 8 heteroatoms. The number of hydrogen-bond donors (Lipinski definition) is 0. The van der Waals surface area contributed by atoms with E-state index in [1.165, 1.54) is 13.0 Å². The van der Waals surface area contributed by atoms with E-state index >= 15 is 0 Å². The Balaban J connectivity index is 1.11. The number of amides is 1. The van der Waals surface area contributed by atoms with E-state index in [1.54, 1.807) is 29.2 Å². The van der Waals surface area contributed by atoms with Gasteiger partial charge >= 0.3 is 0 Å². The monoisotopic (exact) mass is 498 g/mol. The lowest BCUT2D eigenvalue weighted by molar-refractivity contribution is -0.126. The summed E-state index contributed by atoms with van der Waals surface area (Å²) in [5, 5.41) is 0. The van der Waals surface area contributed by atoms with Crippen LogP contribution < -0.4 is 9.64 Å². The summed E-state index contributed by atoms with van der Waals surface area (Å²) in [7, 11) is 0. The fourth-order valence-electron chi connectivity index (χ4n) is 4.31. The van der Waals surface area contributed by atoms with E-state index in [4.69, 9.17) is 4.74 Å². The van der Waals surface area contributed by atoms with Crippen LogP contribution in [0.25, 0.3) is 11.7 Å². The fraction of sp³-hybridized carbons (Fsp3) is 0.207. The van der Waals surface area contributed by atoms with Crippen LogP contribution in [0.4, 0.5) is 10.1 Å². The molecule has 0 N–H and O–H groups in total. The van der Waals surface area contributed by atoms with Gasteiger partial charge in [-0.15, -0.1) is 0 Å². The lowest BCUT2D eigenvalue weighted by Crippen LogP contribution is -2.48. The van der Waals surface area contributed by atoms with E-state index in [0.717, 1.165) is 22.7 Å². The standard InChI is InChI=1S/C29H27FN4O3/c1-21(35)23-8-11-27(26(30)18-23)32-14-16-33(17-15-32)29(36)12-7-22-5-9-25(10-6-22)37-20-24-19-34-13-3-2-4-28(34)31-24/h2-13,18-19H,14-17,20H2,1H3/b12-7+. The van der Waals surface area contributed by atoms with Crippen molar-refractivity contribution in [3.63, 3.8) is 0 Å². The number of imidazole rings is 1. The smallest absolute Gasteiger partial charge is 0.246 e. The number of Topliss-reactive ketones (excluding diaryl/α,β-unsaturated/α-hetero) is 1. The summed E-state index contributed by atoms with van der Waals surface area (Å²) in [4.78, 5) is 32.3. The highest BCUT2D eigenvalue weighted by Crippen LogP contribution is 2.22. The molecule has 2 aromatic carbocycles. The summed E-state index contributed by atoms with van der Waals surface area (Å²) in [6.07, 6.45) is 7.23. The van der Waals surface area contributed by atoms with Gasteiger partial charge < -0.3 is 18.9 Å². The Labute approximate surface area is 214 Å². The number of ketones is 1. The Bertz CT molecular complexity index is 1420. The Hall–Kier alpha value is -4.46. The number of ether oxygens (including phenoxy) is 1. The van der Waals surface area contributed by atoms with Gasteiger partial charge in [-0.1, -0.05) is 18.2 Å². The van der Waals surface area contributed by atoms with Crippen molar-refractivity contribution in [2.45, 2.75) is 13.5 Å².